The van der Waals surface area contributed by atoms with Crippen LogP contribution >= 0.6 is 0 Å². The zero-order valence-electron chi connectivity index (χ0n) is 12.6. The van der Waals surface area contributed by atoms with Crippen molar-refractivity contribution in [3.63, 3.8) is 0 Å². The number of nitrogens with one attached hydrogen (secondary N) is 2. The number of ether oxygens (including phenoxy) is 1. The highest BCUT2D eigenvalue weighted by atomic mass is 16.5. The molecule has 1 aromatic carbocycles. The van der Waals surface area contributed by atoms with Crippen LogP contribution < -0.4 is 10.1 Å². The Balaban J connectivity index is 1.91. The Hall–Kier alpha value is -3.15. The highest BCUT2D eigenvalue weighted by Gasteiger charge is 2.18. The van der Waals surface area contributed by atoms with Gasteiger partial charge >= 0.3 is 0 Å². The Kier molecular flexibility index (Phi) is 4.33. The minimum absolute atomic E-state index is 0.198. The van der Waals surface area contributed by atoms with Gasteiger partial charge in [0.2, 0.25) is 0 Å². The molecular weight excluding hydrogens is 292 g/mol. The van der Waals surface area contributed by atoms with Gasteiger partial charge in [0.05, 0.1) is 24.9 Å². The van der Waals surface area contributed by atoms with Crippen LogP contribution in [-0.2, 0) is 0 Å². The molecule has 6 nitrogen and oxygen atoms in total. The molecule has 0 unspecified atom stereocenters. The molecule has 0 aliphatic carbocycles. The van der Waals surface area contributed by atoms with Crippen LogP contribution in [0.5, 0.6) is 5.75 Å². The van der Waals surface area contributed by atoms with Crippen molar-refractivity contribution in [1.29, 1.82) is 0 Å². The number of carbonyl (C=O) groups is 1. The summed E-state index contributed by atoms with van der Waals surface area (Å²) in [4.78, 5) is 16.4. The number of aromatic amines is 1. The maximum Gasteiger partial charge on any atom is 0.255 e. The fourth-order valence-electron chi connectivity index (χ4n) is 2.30. The van der Waals surface area contributed by atoms with Crippen LogP contribution in [0.3, 0.4) is 0 Å². The standard InChI is InChI=1S/C17H16N4O2/c1-23-15-4-2-12(3-5-15)16(13-6-8-18-9-7-13)21-17(22)14-10-19-20-11-14/h2-11,16H,1H3,(H,19,20)(H,21,22)/t16-/m1/s1. The molecule has 3 aromatic rings. The molecule has 0 saturated carbocycles. The van der Waals surface area contributed by atoms with E-state index in [-0.39, 0.29) is 11.9 Å². The number of benzene rings is 1. The van der Waals surface area contributed by atoms with Crippen molar-refractivity contribution in [3.05, 3.63) is 77.9 Å². The van der Waals surface area contributed by atoms with E-state index < -0.39 is 0 Å². The van der Waals surface area contributed by atoms with Crippen LogP contribution in [0.15, 0.2) is 61.2 Å². The van der Waals surface area contributed by atoms with Gasteiger partial charge in [-0.1, -0.05) is 12.1 Å². The van der Waals surface area contributed by atoms with Crippen LogP contribution in [-0.4, -0.2) is 28.2 Å². The topological polar surface area (TPSA) is 79.9 Å². The average Bonchev–Trinajstić information content (AvgIpc) is 3.15. The SMILES string of the molecule is COc1ccc([C@@H](NC(=O)c2cn[nH]c2)c2ccncc2)cc1. The maximum absolute atomic E-state index is 12.4. The van der Waals surface area contributed by atoms with Gasteiger partial charge < -0.3 is 10.1 Å². The van der Waals surface area contributed by atoms with Crippen LogP contribution in [0.4, 0.5) is 0 Å². The second-order valence-corrected chi connectivity index (χ2v) is 4.95. The van der Waals surface area contributed by atoms with Crippen molar-refractivity contribution in [2.45, 2.75) is 6.04 Å². The van der Waals surface area contributed by atoms with E-state index in [9.17, 15) is 4.79 Å². The van der Waals surface area contributed by atoms with E-state index in [1.807, 2.05) is 36.4 Å². The second-order valence-electron chi connectivity index (χ2n) is 4.95. The zero-order valence-corrected chi connectivity index (χ0v) is 12.6. The van der Waals surface area contributed by atoms with Gasteiger partial charge in [0, 0.05) is 18.6 Å². The highest BCUT2D eigenvalue weighted by molar-refractivity contribution is 5.94. The molecule has 1 atom stereocenters. The number of methoxy groups -OCH3 is 1. The van der Waals surface area contributed by atoms with Crippen molar-refractivity contribution in [2.24, 2.45) is 0 Å². The van der Waals surface area contributed by atoms with Crippen molar-refractivity contribution < 1.29 is 9.53 Å². The number of aromatic nitrogens is 3. The highest BCUT2D eigenvalue weighted by Crippen LogP contribution is 2.24. The van der Waals surface area contributed by atoms with E-state index in [1.54, 1.807) is 25.7 Å². The van der Waals surface area contributed by atoms with Gasteiger partial charge in [0.15, 0.2) is 0 Å². The second kappa shape index (κ2) is 6.74. The van der Waals surface area contributed by atoms with Crippen molar-refractivity contribution in [1.82, 2.24) is 20.5 Å². The number of nitrogens with zero attached hydrogens (tertiary/aromatic N) is 2. The molecule has 2 N–H and O–H groups in total. The van der Waals surface area contributed by atoms with Crippen LogP contribution in [0, 0.1) is 0 Å². The first-order chi connectivity index (χ1) is 11.3. The van der Waals surface area contributed by atoms with E-state index in [1.165, 1.54) is 6.20 Å². The number of hydrogen-bond acceptors (Lipinski definition) is 4. The third kappa shape index (κ3) is 3.37. The Labute approximate surface area is 133 Å². The number of hydrogen-bond donors (Lipinski definition) is 2. The lowest BCUT2D eigenvalue weighted by Crippen LogP contribution is -2.29. The average molecular weight is 308 g/mol. The normalized spacial score (nSPS) is 11.7. The van der Waals surface area contributed by atoms with E-state index >= 15 is 0 Å². The smallest absolute Gasteiger partial charge is 0.255 e. The molecule has 0 spiro atoms. The summed E-state index contributed by atoms with van der Waals surface area (Å²) in [7, 11) is 1.62. The number of H-pyrrole nitrogens is 1. The van der Waals surface area contributed by atoms with Gasteiger partial charge in [-0.2, -0.15) is 5.10 Å². The summed E-state index contributed by atoms with van der Waals surface area (Å²) >= 11 is 0. The van der Waals surface area contributed by atoms with Gasteiger partial charge in [-0.15, -0.1) is 0 Å². The first-order valence-corrected chi connectivity index (χ1v) is 7.11. The van der Waals surface area contributed by atoms with Gasteiger partial charge in [-0.05, 0) is 35.4 Å². The third-order valence-corrected chi connectivity index (χ3v) is 3.52. The molecule has 2 aromatic heterocycles. The first kappa shape index (κ1) is 14.8. The summed E-state index contributed by atoms with van der Waals surface area (Å²) in [6.07, 6.45) is 6.46. The summed E-state index contributed by atoms with van der Waals surface area (Å²) in [5, 5.41) is 9.47. The maximum atomic E-state index is 12.4. The molecule has 116 valence electrons. The van der Waals surface area contributed by atoms with Crippen LogP contribution in [0.25, 0.3) is 0 Å². The van der Waals surface area contributed by atoms with E-state index in [2.05, 4.69) is 20.5 Å². The molecule has 3 rings (SSSR count). The zero-order chi connectivity index (χ0) is 16.1. The molecule has 0 saturated heterocycles. The lowest BCUT2D eigenvalue weighted by molar-refractivity contribution is 0.0943. The molecule has 0 aliphatic rings. The van der Waals surface area contributed by atoms with E-state index in [0.29, 0.717) is 5.56 Å². The number of pyridine rings is 1. The predicted molar refractivity (Wildman–Crippen MR) is 85.1 cm³/mol. The third-order valence-electron chi connectivity index (χ3n) is 3.52. The molecule has 23 heavy (non-hydrogen) atoms. The first-order valence-electron chi connectivity index (χ1n) is 7.11. The van der Waals surface area contributed by atoms with Crippen molar-refractivity contribution in [2.75, 3.05) is 7.11 Å². The lowest BCUT2D eigenvalue weighted by atomic mass is 9.99. The summed E-state index contributed by atoms with van der Waals surface area (Å²) in [5.74, 6) is 0.569. The monoisotopic (exact) mass is 308 g/mol. The Morgan fingerprint density at radius 1 is 1.13 bits per heavy atom. The Morgan fingerprint density at radius 2 is 1.83 bits per heavy atom. The molecular formula is C17H16N4O2. The fourth-order valence-corrected chi connectivity index (χ4v) is 2.30. The Morgan fingerprint density at radius 3 is 2.43 bits per heavy atom. The minimum atomic E-state index is -0.286. The molecule has 0 aliphatic heterocycles. The Bertz CT molecular complexity index is 755. The van der Waals surface area contributed by atoms with Crippen molar-refractivity contribution >= 4 is 5.91 Å². The van der Waals surface area contributed by atoms with Gasteiger partial charge in [0.25, 0.3) is 5.91 Å². The van der Waals surface area contributed by atoms with E-state index in [4.69, 9.17) is 4.74 Å². The molecule has 2 heterocycles. The lowest BCUT2D eigenvalue weighted by Gasteiger charge is -2.19. The quantitative estimate of drug-likeness (QED) is 0.758. The van der Waals surface area contributed by atoms with E-state index in [0.717, 1.165) is 16.9 Å². The minimum Gasteiger partial charge on any atom is -0.497 e. The molecule has 6 heteroatoms. The van der Waals surface area contributed by atoms with Crippen LogP contribution in [0.1, 0.15) is 27.5 Å². The number of rotatable bonds is 5. The number of carbonyl (C=O) groups excluding carboxylic acids is 1. The number of amides is 1. The van der Waals surface area contributed by atoms with Crippen LogP contribution in [0.2, 0.25) is 0 Å². The summed E-state index contributed by atoms with van der Waals surface area (Å²) < 4.78 is 5.18. The molecule has 0 fully saturated rings. The molecule has 0 radical (unpaired) electrons. The van der Waals surface area contributed by atoms with Gasteiger partial charge in [-0.3, -0.25) is 14.9 Å². The summed E-state index contributed by atoms with van der Waals surface area (Å²) in [6.45, 7) is 0. The summed E-state index contributed by atoms with van der Waals surface area (Å²) in [6, 6.07) is 11.1. The van der Waals surface area contributed by atoms with Gasteiger partial charge in [0.1, 0.15) is 5.75 Å². The van der Waals surface area contributed by atoms with Gasteiger partial charge in [-0.25, -0.2) is 0 Å². The van der Waals surface area contributed by atoms with Crippen molar-refractivity contribution in [3.8, 4) is 5.75 Å². The predicted octanol–water partition coefficient (Wildman–Crippen LogP) is 2.33. The molecule has 1 amide bonds. The molecule has 0 bridgehead atoms. The summed E-state index contributed by atoms with van der Waals surface area (Å²) in [5.41, 5.74) is 2.38. The fraction of sp³-hybridized carbons (Fsp3) is 0.118. The largest absolute Gasteiger partial charge is 0.497 e.